The molecule has 0 aliphatic heterocycles. The van der Waals surface area contributed by atoms with Crippen LogP contribution in [0.15, 0.2) is 12.1 Å². The largest absolute Gasteiger partial charge is 0.381 e. The maximum Gasteiger partial charge on any atom is 0.152 e. The fourth-order valence-electron chi connectivity index (χ4n) is 0.888. The van der Waals surface area contributed by atoms with Crippen molar-refractivity contribution in [3.05, 3.63) is 29.6 Å². The van der Waals surface area contributed by atoms with E-state index < -0.39 is 17.5 Å². The summed E-state index contributed by atoms with van der Waals surface area (Å²) in [5.74, 6) is -2.73. The van der Waals surface area contributed by atoms with Crippen molar-refractivity contribution in [1.29, 1.82) is 0 Å². The highest BCUT2D eigenvalue weighted by Crippen LogP contribution is 2.19. The summed E-state index contributed by atoms with van der Waals surface area (Å²) >= 11 is 0. The van der Waals surface area contributed by atoms with Crippen molar-refractivity contribution in [1.82, 2.24) is 0 Å². The van der Waals surface area contributed by atoms with Crippen LogP contribution in [0.1, 0.15) is 6.92 Å². The summed E-state index contributed by atoms with van der Waals surface area (Å²) in [6, 6.07) is 1.28. The predicted octanol–water partition coefficient (Wildman–Crippen LogP) is 2.54. The molecule has 0 aliphatic rings. The number of benzene rings is 1. The van der Waals surface area contributed by atoms with Crippen molar-refractivity contribution >= 4 is 5.69 Å². The van der Waals surface area contributed by atoms with Crippen LogP contribution in [0.2, 0.25) is 0 Å². The molecular weight excluding hydrogens is 167 g/mol. The molecule has 0 unspecified atom stereocenters. The minimum atomic E-state index is -0.911. The quantitative estimate of drug-likeness (QED) is 0.728. The van der Waals surface area contributed by atoms with Gasteiger partial charge >= 0.3 is 0 Å². The third-order valence-electron chi connectivity index (χ3n) is 1.36. The van der Waals surface area contributed by atoms with Gasteiger partial charge in [-0.15, -0.1) is 0 Å². The zero-order valence-corrected chi connectivity index (χ0v) is 6.50. The van der Waals surface area contributed by atoms with E-state index in [1.54, 1.807) is 6.92 Å². The molecule has 4 heteroatoms. The summed E-state index contributed by atoms with van der Waals surface area (Å²) in [4.78, 5) is 0. The molecule has 0 bridgehead atoms. The SMILES string of the molecule is CCNc1c(F)cc(F)cc1F. The Morgan fingerprint density at radius 2 is 1.67 bits per heavy atom. The van der Waals surface area contributed by atoms with Crippen LogP contribution < -0.4 is 5.32 Å². The molecule has 0 fully saturated rings. The van der Waals surface area contributed by atoms with Gasteiger partial charge in [-0.25, -0.2) is 13.2 Å². The average Bonchev–Trinajstić information content (AvgIpc) is 1.96. The Bertz CT molecular complexity index is 263. The smallest absolute Gasteiger partial charge is 0.152 e. The third-order valence-corrected chi connectivity index (χ3v) is 1.36. The van der Waals surface area contributed by atoms with Crippen LogP contribution in [0.25, 0.3) is 0 Å². The van der Waals surface area contributed by atoms with Crippen molar-refractivity contribution in [2.75, 3.05) is 11.9 Å². The fraction of sp³-hybridized carbons (Fsp3) is 0.250. The summed E-state index contributed by atoms with van der Waals surface area (Å²) in [7, 11) is 0. The highest BCUT2D eigenvalue weighted by atomic mass is 19.1. The van der Waals surface area contributed by atoms with E-state index in [9.17, 15) is 13.2 Å². The van der Waals surface area contributed by atoms with E-state index in [4.69, 9.17) is 0 Å². The zero-order valence-electron chi connectivity index (χ0n) is 6.50. The van der Waals surface area contributed by atoms with Crippen molar-refractivity contribution in [3.8, 4) is 0 Å². The van der Waals surface area contributed by atoms with Crippen LogP contribution in [0, 0.1) is 17.5 Å². The maximum atomic E-state index is 12.8. The molecule has 1 aromatic rings. The topological polar surface area (TPSA) is 12.0 Å². The first-order valence-electron chi connectivity index (χ1n) is 3.53. The van der Waals surface area contributed by atoms with E-state index in [0.717, 1.165) is 0 Å². The third kappa shape index (κ3) is 1.69. The predicted molar refractivity (Wildman–Crippen MR) is 40.5 cm³/mol. The van der Waals surface area contributed by atoms with E-state index in [0.29, 0.717) is 18.7 Å². The Balaban J connectivity index is 3.10. The van der Waals surface area contributed by atoms with Crippen LogP contribution >= 0.6 is 0 Å². The molecule has 1 rings (SSSR count). The number of hydrogen-bond donors (Lipinski definition) is 1. The van der Waals surface area contributed by atoms with Crippen molar-refractivity contribution in [2.24, 2.45) is 0 Å². The monoisotopic (exact) mass is 175 g/mol. The lowest BCUT2D eigenvalue weighted by Crippen LogP contribution is -2.02. The van der Waals surface area contributed by atoms with Crippen LogP contribution in [0.5, 0.6) is 0 Å². The van der Waals surface area contributed by atoms with Gasteiger partial charge in [0.25, 0.3) is 0 Å². The molecule has 0 saturated carbocycles. The van der Waals surface area contributed by atoms with Gasteiger partial charge in [0.2, 0.25) is 0 Å². The molecule has 0 atom stereocenters. The second-order valence-electron chi connectivity index (χ2n) is 2.27. The molecule has 0 aliphatic carbocycles. The summed E-state index contributed by atoms with van der Waals surface area (Å²) in [5, 5.41) is 2.45. The van der Waals surface area contributed by atoms with Crippen LogP contribution in [-0.2, 0) is 0 Å². The van der Waals surface area contributed by atoms with Crippen molar-refractivity contribution in [3.63, 3.8) is 0 Å². The van der Waals surface area contributed by atoms with Crippen molar-refractivity contribution in [2.45, 2.75) is 6.92 Å². The van der Waals surface area contributed by atoms with Crippen LogP contribution in [0.4, 0.5) is 18.9 Å². The minimum Gasteiger partial charge on any atom is -0.381 e. The first-order chi connectivity index (χ1) is 5.65. The first-order valence-corrected chi connectivity index (χ1v) is 3.53. The summed E-state index contributed by atoms with van der Waals surface area (Å²) in [6.45, 7) is 2.09. The summed E-state index contributed by atoms with van der Waals surface area (Å²) < 4.78 is 37.9. The van der Waals surface area contributed by atoms with E-state index in [2.05, 4.69) is 5.32 Å². The molecule has 12 heavy (non-hydrogen) atoms. The Morgan fingerprint density at radius 1 is 1.17 bits per heavy atom. The van der Waals surface area contributed by atoms with Crippen LogP contribution in [-0.4, -0.2) is 6.54 Å². The van der Waals surface area contributed by atoms with E-state index in [1.807, 2.05) is 0 Å². The second-order valence-corrected chi connectivity index (χ2v) is 2.27. The molecule has 1 N–H and O–H groups in total. The molecule has 66 valence electrons. The lowest BCUT2D eigenvalue weighted by atomic mass is 10.3. The van der Waals surface area contributed by atoms with Gasteiger partial charge in [-0.1, -0.05) is 0 Å². The molecule has 1 aromatic carbocycles. The molecule has 0 amide bonds. The first kappa shape index (κ1) is 8.90. The van der Waals surface area contributed by atoms with E-state index in [-0.39, 0.29) is 5.69 Å². The van der Waals surface area contributed by atoms with E-state index >= 15 is 0 Å². The van der Waals surface area contributed by atoms with Gasteiger partial charge in [0, 0.05) is 18.7 Å². The van der Waals surface area contributed by atoms with Gasteiger partial charge in [0.15, 0.2) is 11.6 Å². The Morgan fingerprint density at radius 3 is 2.08 bits per heavy atom. The van der Waals surface area contributed by atoms with Crippen molar-refractivity contribution < 1.29 is 13.2 Å². The lowest BCUT2D eigenvalue weighted by molar-refractivity contribution is 0.547. The Hall–Kier alpha value is -1.19. The second kappa shape index (κ2) is 3.47. The highest BCUT2D eigenvalue weighted by Gasteiger charge is 2.09. The highest BCUT2D eigenvalue weighted by molar-refractivity contribution is 5.46. The Labute approximate surface area is 68.2 Å². The average molecular weight is 175 g/mol. The number of halogens is 3. The summed E-state index contributed by atoms with van der Waals surface area (Å²) in [6.07, 6.45) is 0. The molecular formula is C8H8F3N. The maximum absolute atomic E-state index is 12.8. The fourth-order valence-corrected chi connectivity index (χ4v) is 0.888. The number of rotatable bonds is 2. The number of anilines is 1. The van der Waals surface area contributed by atoms with E-state index in [1.165, 1.54) is 0 Å². The molecule has 0 radical (unpaired) electrons. The molecule has 0 spiro atoms. The normalized spacial score (nSPS) is 10.0. The van der Waals surface area contributed by atoms with Gasteiger partial charge in [-0.2, -0.15) is 0 Å². The van der Waals surface area contributed by atoms with Gasteiger partial charge in [-0.3, -0.25) is 0 Å². The molecule has 1 nitrogen and oxygen atoms in total. The Kier molecular flexibility index (Phi) is 2.58. The van der Waals surface area contributed by atoms with Gasteiger partial charge in [0.1, 0.15) is 11.5 Å². The number of nitrogens with one attached hydrogen (secondary N) is 1. The molecule has 0 heterocycles. The van der Waals surface area contributed by atoms with Gasteiger partial charge in [-0.05, 0) is 6.92 Å². The zero-order chi connectivity index (χ0) is 9.14. The van der Waals surface area contributed by atoms with Crippen LogP contribution in [0.3, 0.4) is 0 Å². The standard InChI is InChI=1S/C8H8F3N/c1-2-12-8-6(10)3-5(9)4-7(8)11/h3-4,12H,2H2,1H3. The molecule has 0 aromatic heterocycles. The summed E-state index contributed by atoms with van der Waals surface area (Å²) in [5.41, 5.74) is -0.279. The lowest BCUT2D eigenvalue weighted by Gasteiger charge is -2.05. The van der Waals surface area contributed by atoms with Gasteiger partial charge < -0.3 is 5.32 Å². The number of hydrogen-bond acceptors (Lipinski definition) is 1. The van der Waals surface area contributed by atoms with Gasteiger partial charge in [0.05, 0.1) is 0 Å². The minimum absolute atomic E-state index is 0.279. The molecule has 0 saturated heterocycles.